The second-order valence-corrected chi connectivity index (χ2v) is 7.69. The standard InChI is InChI=1S/C17H17Br2NO2S/c1-11-6-14(18)17(15(19)7-11)20-16(21)10-23-9-12-4-3-5-13(8-12)22-2/h3-8H,9-10H2,1-2H3,(H,20,21). The van der Waals surface area contributed by atoms with Crippen LogP contribution in [0.15, 0.2) is 45.3 Å². The number of amides is 1. The molecule has 2 aromatic rings. The van der Waals surface area contributed by atoms with E-state index in [1.165, 1.54) is 0 Å². The average molecular weight is 459 g/mol. The largest absolute Gasteiger partial charge is 0.497 e. The molecule has 0 aliphatic carbocycles. The third kappa shape index (κ3) is 5.55. The van der Waals surface area contributed by atoms with E-state index in [4.69, 9.17) is 4.74 Å². The number of ether oxygens (including phenoxy) is 1. The van der Waals surface area contributed by atoms with E-state index in [1.807, 2.05) is 43.3 Å². The molecule has 1 N–H and O–H groups in total. The number of methoxy groups -OCH3 is 1. The van der Waals surface area contributed by atoms with Crippen LogP contribution >= 0.6 is 43.6 Å². The Kier molecular flexibility index (Phi) is 6.99. The van der Waals surface area contributed by atoms with Crippen LogP contribution in [0.25, 0.3) is 0 Å². The molecule has 0 radical (unpaired) electrons. The molecule has 0 saturated heterocycles. The highest BCUT2D eigenvalue weighted by atomic mass is 79.9. The molecule has 1 amide bonds. The second kappa shape index (κ2) is 8.76. The predicted octanol–water partition coefficient (Wildman–Crippen LogP) is 5.40. The fourth-order valence-electron chi connectivity index (χ4n) is 2.02. The number of carbonyl (C=O) groups is 1. The zero-order chi connectivity index (χ0) is 16.8. The van der Waals surface area contributed by atoms with Gasteiger partial charge in [-0.3, -0.25) is 4.79 Å². The number of rotatable bonds is 6. The van der Waals surface area contributed by atoms with Crippen LogP contribution in [0.4, 0.5) is 5.69 Å². The monoisotopic (exact) mass is 457 g/mol. The first kappa shape index (κ1) is 18.4. The van der Waals surface area contributed by atoms with Gasteiger partial charge in [-0.2, -0.15) is 0 Å². The lowest BCUT2D eigenvalue weighted by molar-refractivity contribution is -0.113. The zero-order valence-electron chi connectivity index (χ0n) is 12.9. The Balaban J connectivity index is 1.88. The third-order valence-electron chi connectivity index (χ3n) is 3.09. The molecule has 0 aromatic heterocycles. The van der Waals surface area contributed by atoms with Crippen molar-refractivity contribution >= 4 is 55.2 Å². The van der Waals surface area contributed by atoms with Crippen molar-refractivity contribution in [1.82, 2.24) is 0 Å². The van der Waals surface area contributed by atoms with Crippen LogP contribution in [0.2, 0.25) is 0 Å². The van der Waals surface area contributed by atoms with Crippen molar-refractivity contribution in [2.24, 2.45) is 0 Å². The SMILES string of the molecule is COc1cccc(CSCC(=O)Nc2c(Br)cc(C)cc2Br)c1. The molecule has 0 heterocycles. The molecule has 6 heteroatoms. The molecule has 0 unspecified atom stereocenters. The van der Waals surface area contributed by atoms with Crippen LogP contribution in [-0.2, 0) is 10.5 Å². The highest BCUT2D eigenvalue weighted by Crippen LogP contribution is 2.32. The summed E-state index contributed by atoms with van der Waals surface area (Å²) in [7, 11) is 1.65. The van der Waals surface area contributed by atoms with Gasteiger partial charge in [0.25, 0.3) is 0 Å². The van der Waals surface area contributed by atoms with Gasteiger partial charge in [0.05, 0.1) is 18.6 Å². The molecule has 0 aliphatic heterocycles. The number of benzene rings is 2. The quantitative estimate of drug-likeness (QED) is 0.629. The number of thioether (sulfide) groups is 1. The lowest BCUT2D eigenvalue weighted by atomic mass is 10.2. The topological polar surface area (TPSA) is 38.3 Å². The van der Waals surface area contributed by atoms with Crippen molar-refractivity contribution in [2.45, 2.75) is 12.7 Å². The first-order valence-corrected chi connectivity index (χ1v) is 9.70. The van der Waals surface area contributed by atoms with Crippen molar-refractivity contribution in [3.63, 3.8) is 0 Å². The summed E-state index contributed by atoms with van der Waals surface area (Å²) in [6.45, 7) is 2.01. The van der Waals surface area contributed by atoms with E-state index in [9.17, 15) is 4.79 Å². The first-order chi connectivity index (χ1) is 11.0. The minimum atomic E-state index is -0.0249. The van der Waals surface area contributed by atoms with E-state index in [1.54, 1.807) is 18.9 Å². The maximum atomic E-state index is 12.1. The molecular weight excluding hydrogens is 442 g/mol. The van der Waals surface area contributed by atoms with Crippen LogP contribution in [0.3, 0.4) is 0 Å². The molecule has 0 fully saturated rings. The Bertz CT molecular complexity index is 684. The minimum Gasteiger partial charge on any atom is -0.497 e. The lowest BCUT2D eigenvalue weighted by Crippen LogP contribution is -2.15. The normalized spacial score (nSPS) is 10.4. The summed E-state index contributed by atoms with van der Waals surface area (Å²) < 4.78 is 6.94. The fraction of sp³-hybridized carbons (Fsp3) is 0.235. The summed E-state index contributed by atoms with van der Waals surface area (Å²) in [6, 6.07) is 11.8. The lowest BCUT2D eigenvalue weighted by Gasteiger charge is -2.11. The van der Waals surface area contributed by atoms with Gasteiger partial charge in [-0.15, -0.1) is 11.8 Å². The number of carbonyl (C=O) groups excluding carboxylic acids is 1. The molecule has 0 saturated carbocycles. The summed E-state index contributed by atoms with van der Waals surface area (Å²) in [5, 5.41) is 2.94. The van der Waals surface area contributed by atoms with Gasteiger partial charge in [-0.1, -0.05) is 12.1 Å². The summed E-state index contributed by atoms with van der Waals surface area (Å²) in [5.41, 5.74) is 3.02. The maximum absolute atomic E-state index is 12.1. The molecule has 0 atom stereocenters. The summed E-state index contributed by atoms with van der Waals surface area (Å²) in [4.78, 5) is 12.1. The van der Waals surface area contributed by atoms with Crippen LogP contribution in [0.5, 0.6) is 5.75 Å². The van der Waals surface area contributed by atoms with Gasteiger partial charge in [-0.25, -0.2) is 0 Å². The van der Waals surface area contributed by atoms with Crippen molar-refractivity contribution in [3.8, 4) is 5.75 Å². The first-order valence-electron chi connectivity index (χ1n) is 6.95. The predicted molar refractivity (Wildman–Crippen MR) is 104 cm³/mol. The van der Waals surface area contributed by atoms with Gasteiger partial charge in [0.2, 0.25) is 5.91 Å². The van der Waals surface area contributed by atoms with Crippen molar-refractivity contribution < 1.29 is 9.53 Å². The number of hydrogen-bond acceptors (Lipinski definition) is 3. The molecule has 2 aromatic carbocycles. The fourth-order valence-corrected chi connectivity index (χ4v) is 4.41. The highest BCUT2D eigenvalue weighted by Gasteiger charge is 2.10. The Labute approximate surface area is 157 Å². The Morgan fingerprint density at radius 1 is 1.22 bits per heavy atom. The van der Waals surface area contributed by atoms with Gasteiger partial charge in [0, 0.05) is 14.7 Å². The van der Waals surface area contributed by atoms with Crippen LogP contribution < -0.4 is 10.1 Å². The molecule has 23 heavy (non-hydrogen) atoms. The van der Waals surface area contributed by atoms with E-state index in [0.29, 0.717) is 5.75 Å². The van der Waals surface area contributed by atoms with Crippen molar-refractivity contribution in [3.05, 3.63) is 56.5 Å². The second-order valence-electron chi connectivity index (χ2n) is 5.00. The molecular formula is C17H17Br2NO2S. The molecule has 2 rings (SSSR count). The van der Waals surface area contributed by atoms with Gasteiger partial charge >= 0.3 is 0 Å². The van der Waals surface area contributed by atoms with Crippen LogP contribution in [0.1, 0.15) is 11.1 Å². The zero-order valence-corrected chi connectivity index (χ0v) is 16.8. The van der Waals surface area contributed by atoms with Crippen LogP contribution in [-0.4, -0.2) is 18.8 Å². The van der Waals surface area contributed by atoms with Crippen LogP contribution in [0, 0.1) is 6.92 Å². The van der Waals surface area contributed by atoms with Crippen molar-refractivity contribution in [2.75, 3.05) is 18.2 Å². The summed E-state index contributed by atoms with van der Waals surface area (Å²) >= 11 is 8.53. The molecule has 0 spiro atoms. The van der Waals surface area contributed by atoms with Gasteiger partial charge in [0.15, 0.2) is 0 Å². The number of halogens is 2. The minimum absolute atomic E-state index is 0.0249. The van der Waals surface area contributed by atoms with Crippen molar-refractivity contribution in [1.29, 1.82) is 0 Å². The Morgan fingerprint density at radius 2 is 1.91 bits per heavy atom. The van der Waals surface area contributed by atoms with E-state index in [2.05, 4.69) is 37.2 Å². The average Bonchev–Trinajstić information content (AvgIpc) is 2.51. The van der Waals surface area contributed by atoms with Gasteiger partial charge in [-0.05, 0) is 74.2 Å². The summed E-state index contributed by atoms with van der Waals surface area (Å²) in [6.07, 6.45) is 0. The Hall–Kier alpha value is -0.980. The molecule has 0 aliphatic rings. The Morgan fingerprint density at radius 3 is 2.57 bits per heavy atom. The van der Waals surface area contributed by atoms with Gasteiger partial charge in [0.1, 0.15) is 5.75 Å². The number of anilines is 1. The number of hydrogen-bond donors (Lipinski definition) is 1. The smallest absolute Gasteiger partial charge is 0.234 e. The maximum Gasteiger partial charge on any atom is 0.234 e. The molecule has 0 bridgehead atoms. The third-order valence-corrected chi connectivity index (χ3v) is 5.34. The highest BCUT2D eigenvalue weighted by molar-refractivity contribution is 9.11. The number of nitrogens with one attached hydrogen (secondary N) is 1. The summed E-state index contributed by atoms with van der Waals surface area (Å²) in [5.74, 6) is 1.97. The van der Waals surface area contributed by atoms with E-state index >= 15 is 0 Å². The molecule has 122 valence electrons. The van der Waals surface area contributed by atoms with E-state index < -0.39 is 0 Å². The van der Waals surface area contributed by atoms with Gasteiger partial charge < -0.3 is 10.1 Å². The number of aryl methyl sites for hydroxylation is 1. The van der Waals surface area contributed by atoms with E-state index in [0.717, 1.165) is 37.3 Å². The molecule has 3 nitrogen and oxygen atoms in total. The van der Waals surface area contributed by atoms with E-state index in [-0.39, 0.29) is 5.91 Å².